The van der Waals surface area contributed by atoms with Gasteiger partial charge in [0.25, 0.3) is 0 Å². The number of rotatable bonds is 17. The van der Waals surface area contributed by atoms with Crippen molar-refractivity contribution in [2.45, 2.75) is 78.2 Å². The van der Waals surface area contributed by atoms with Crippen LogP contribution in [0.1, 0.15) is 72.1 Å². The van der Waals surface area contributed by atoms with E-state index in [2.05, 4.69) is 37.8 Å². The molecule has 0 aromatic heterocycles. The van der Waals surface area contributed by atoms with E-state index in [-0.39, 0.29) is 6.04 Å². The molecule has 0 radical (unpaired) electrons. The van der Waals surface area contributed by atoms with E-state index in [1.165, 1.54) is 38.5 Å². The van der Waals surface area contributed by atoms with Crippen LogP contribution in [-0.4, -0.2) is 32.9 Å². The maximum absolute atomic E-state index is 6.23. The van der Waals surface area contributed by atoms with Crippen LogP contribution in [0.4, 0.5) is 11.4 Å². The highest BCUT2D eigenvalue weighted by molar-refractivity contribution is 5.62. The van der Waals surface area contributed by atoms with E-state index in [4.69, 9.17) is 19.9 Å². The van der Waals surface area contributed by atoms with Crippen LogP contribution in [-0.2, 0) is 0 Å². The van der Waals surface area contributed by atoms with Crippen molar-refractivity contribution in [1.82, 2.24) is 0 Å². The molecule has 0 aliphatic carbocycles. The summed E-state index contributed by atoms with van der Waals surface area (Å²) < 4.78 is 17.4. The number of methoxy groups -OCH3 is 1. The lowest BCUT2D eigenvalue weighted by Gasteiger charge is -2.32. The van der Waals surface area contributed by atoms with Gasteiger partial charge in [0.05, 0.1) is 25.4 Å². The summed E-state index contributed by atoms with van der Waals surface area (Å²) in [5, 5.41) is 0. The Balaban J connectivity index is 2.06. The summed E-state index contributed by atoms with van der Waals surface area (Å²) in [7, 11) is 1.67. The Morgan fingerprint density at radius 3 is 2.15 bits per heavy atom. The lowest BCUT2D eigenvalue weighted by molar-refractivity contribution is 0.287. The summed E-state index contributed by atoms with van der Waals surface area (Å²) in [4.78, 5) is 2.42. The minimum absolute atomic E-state index is 0.203. The molecule has 0 spiro atoms. The van der Waals surface area contributed by atoms with E-state index >= 15 is 0 Å². The summed E-state index contributed by atoms with van der Waals surface area (Å²) >= 11 is 0. The van der Waals surface area contributed by atoms with Crippen molar-refractivity contribution >= 4 is 11.4 Å². The Hall–Kier alpha value is -2.56. The molecule has 0 amide bonds. The highest BCUT2D eigenvalue weighted by atomic mass is 16.5. The van der Waals surface area contributed by atoms with Crippen molar-refractivity contribution in [1.29, 1.82) is 0 Å². The topological polar surface area (TPSA) is 57.0 Å². The first kappa shape index (κ1) is 26.7. The third-order valence-corrected chi connectivity index (χ3v) is 5.92. The number of ether oxygens (including phenoxy) is 3. The molecule has 2 aromatic rings. The van der Waals surface area contributed by atoms with Gasteiger partial charge in [-0.25, -0.2) is 0 Å². The fourth-order valence-electron chi connectivity index (χ4n) is 3.83. The van der Waals surface area contributed by atoms with Gasteiger partial charge < -0.3 is 24.8 Å². The molecule has 2 N–H and O–H groups in total. The maximum atomic E-state index is 6.23. The third-order valence-electron chi connectivity index (χ3n) is 5.92. The van der Waals surface area contributed by atoms with Gasteiger partial charge in [0.1, 0.15) is 23.9 Å². The van der Waals surface area contributed by atoms with Gasteiger partial charge >= 0.3 is 0 Å². The fourth-order valence-corrected chi connectivity index (χ4v) is 3.83. The molecule has 5 nitrogen and oxygen atoms in total. The molecule has 1 unspecified atom stereocenters. The van der Waals surface area contributed by atoms with Crippen LogP contribution in [0, 0.1) is 0 Å². The van der Waals surface area contributed by atoms with Crippen LogP contribution in [0.5, 0.6) is 17.2 Å². The number of hydrogen-bond donors (Lipinski definition) is 1. The van der Waals surface area contributed by atoms with Crippen LogP contribution in [0.3, 0.4) is 0 Å². The Labute approximate surface area is 201 Å². The average Bonchev–Trinajstić information content (AvgIpc) is 2.84. The van der Waals surface area contributed by atoms with Gasteiger partial charge in [0.15, 0.2) is 0 Å². The van der Waals surface area contributed by atoms with Crippen molar-refractivity contribution in [3.63, 3.8) is 0 Å². The number of anilines is 2. The largest absolute Gasteiger partial charge is 0.497 e. The molecule has 2 aromatic carbocycles. The minimum atomic E-state index is 0.203. The second-order valence-corrected chi connectivity index (χ2v) is 8.72. The zero-order chi connectivity index (χ0) is 23.9. The Morgan fingerprint density at radius 2 is 1.48 bits per heavy atom. The number of nitrogens with two attached hydrogens (primary N) is 1. The molecular formula is C28H44N2O3. The smallest absolute Gasteiger partial charge is 0.144 e. The van der Waals surface area contributed by atoms with Crippen LogP contribution < -0.4 is 24.8 Å². The summed E-state index contributed by atoms with van der Waals surface area (Å²) in [5.41, 5.74) is 8.06. The molecule has 0 aliphatic heterocycles. The van der Waals surface area contributed by atoms with Gasteiger partial charge in [0.2, 0.25) is 0 Å². The molecule has 184 valence electrons. The van der Waals surface area contributed by atoms with E-state index in [1.54, 1.807) is 7.11 Å². The molecule has 0 saturated heterocycles. The van der Waals surface area contributed by atoms with Crippen molar-refractivity contribution in [2.24, 2.45) is 0 Å². The average molecular weight is 457 g/mol. The monoisotopic (exact) mass is 456 g/mol. The maximum Gasteiger partial charge on any atom is 0.144 e. The molecule has 0 bridgehead atoms. The Kier molecular flexibility index (Phi) is 12.4. The van der Waals surface area contributed by atoms with Gasteiger partial charge in [-0.15, -0.1) is 0 Å². The highest BCUT2D eigenvalue weighted by Crippen LogP contribution is 2.30. The zero-order valence-electron chi connectivity index (χ0n) is 21.1. The summed E-state index contributed by atoms with van der Waals surface area (Å²) in [6.07, 6.45) is 9.60. The van der Waals surface area contributed by atoms with Crippen molar-refractivity contribution in [3.05, 3.63) is 42.5 Å². The molecule has 0 fully saturated rings. The van der Waals surface area contributed by atoms with Crippen molar-refractivity contribution < 1.29 is 14.2 Å². The van der Waals surface area contributed by atoms with Crippen molar-refractivity contribution in [3.8, 4) is 17.2 Å². The minimum Gasteiger partial charge on any atom is -0.497 e. The quantitative estimate of drug-likeness (QED) is 0.203. The molecule has 33 heavy (non-hydrogen) atoms. The lowest BCUT2D eigenvalue weighted by atomic mass is 10.1. The van der Waals surface area contributed by atoms with Gasteiger partial charge in [-0.05, 0) is 56.2 Å². The van der Waals surface area contributed by atoms with Gasteiger partial charge in [0, 0.05) is 18.3 Å². The van der Waals surface area contributed by atoms with E-state index in [9.17, 15) is 0 Å². The third kappa shape index (κ3) is 9.45. The zero-order valence-corrected chi connectivity index (χ0v) is 21.1. The molecule has 0 saturated carbocycles. The molecule has 0 heterocycles. The predicted octanol–water partition coefficient (Wildman–Crippen LogP) is 7.09. The first-order valence-corrected chi connectivity index (χ1v) is 12.6. The Morgan fingerprint density at radius 1 is 0.818 bits per heavy atom. The number of nitrogens with zero attached hydrogens (tertiary/aromatic N) is 1. The number of nitrogen functional groups attached to an aromatic ring is 1. The van der Waals surface area contributed by atoms with E-state index in [0.29, 0.717) is 18.9 Å². The Bertz CT molecular complexity index is 779. The van der Waals surface area contributed by atoms with Gasteiger partial charge in [-0.1, -0.05) is 52.4 Å². The molecule has 1 atom stereocenters. The summed E-state index contributed by atoms with van der Waals surface area (Å²) in [5.74, 6) is 2.46. The lowest BCUT2D eigenvalue weighted by Crippen LogP contribution is -2.38. The van der Waals surface area contributed by atoms with Crippen LogP contribution in [0.25, 0.3) is 0 Å². The SMILES string of the molecule is CCCCCCOc1cc(N(CCCCCC)C(C)COc2ccc(OC)cc2)ccc1N. The normalized spacial score (nSPS) is 11.8. The fraction of sp³-hybridized carbons (Fsp3) is 0.571. The van der Waals surface area contributed by atoms with Gasteiger partial charge in [-0.2, -0.15) is 0 Å². The van der Waals surface area contributed by atoms with E-state index < -0.39 is 0 Å². The first-order valence-electron chi connectivity index (χ1n) is 12.6. The van der Waals surface area contributed by atoms with E-state index in [0.717, 1.165) is 42.3 Å². The number of unbranched alkanes of at least 4 members (excludes halogenated alkanes) is 6. The molecule has 0 aliphatic rings. The highest BCUT2D eigenvalue weighted by Gasteiger charge is 2.17. The standard InChI is InChI=1S/C28H44N2O3/c1-5-7-9-11-19-30(23(3)22-33-26-16-14-25(31-4)15-17-26)24-13-18-27(29)28(21-24)32-20-12-10-8-6-2/h13-18,21,23H,5-12,19-20,22,29H2,1-4H3. The van der Waals surface area contributed by atoms with E-state index in [1.807, 2.05) is 30.3 Å². The number of benzene rings is 2. The summed E-state index contributed by atoms with van der Waals surface area (Å²) in [6, 6.07) is 14.1. The number of hydrogen-bond acceptors (Lipinski definition) is 5. The van der Waals surface area contributed by atoms with Gasteiger partial charge in [-0.3, -0.25) is 0 Å². The predicted molar refractivity (Wildman–Crippen MR) is 140 cm³/mol. The van der Waals surface area contributed by atoms with Crippen LogP contribution >= 0.6 is 0 Å². The molecule has 5 heteroatoms. The van der Waals surface area contributed by atoms with Crippen LogP contribution in [0.15, 0.2) is 42.5 Å². The van der Waals surface area contributed by atoms with Crippen molar-refractivity contribution in [2.75, 3.05) is 37.5 Å². The van der Waals surface area contributed by atoms with Crippen LogP contribution in [0.2, 0.25) is 0 Å². The first-order chi connectivity index (χ1) is 16.1. The molecular weight excluding hydrogens is 412 g/mol. The summed E-state index contributed by atoms with van der Waals surface area (Å²) in [6.45, 7) is 8.96. The second-order valence-electron chi connectivity index (χ2n) is 8.72. The second kappa shape index (κ2) is 15.3. The molecule has 2 rings (SSSR count).